The van der Waals surface area contributed by atoms with Gasteiger partial charge in [0.2, 0.25) is 0 Å². The van der Waals surface area contributed by atoms with Gasteiger partial charge >= 0.3 is 0 Å². The van der Waals surface area contributed by atoms with Crippen molar-refractivity contribution in [3.05, 3.63) is 63.8 Å². The summed E-state index contributed by atoms with van der Waals surface area (Å²) in [7, 11) is 4.18. The summed E-state index contributed by atoms with van der Waals surface area (Å²) < 4.78 is 0. The monoisotopic (exact) mass is 513 g/mol. The standard InChI is InChI=1S/C28H33Cl2N3O2/c1-16(2)27(34)22-14-31-25-8-6-5-7-20(25)26(22)32-19-10-9-17(15-33(3)4)21(13-19)18-11-23(29)28(35)24(30)12-18/h5-8,11-12,14,16-17,19,21,35H,9-10,13,15H2,1-4H3,(H,31,32)/t17-,19+,21+/m0/s1. The number of rotatable bonds is 7. The molecule has 0 spiro atoms. The predicted molar refractivity (Wildman–Crippen MR) is 145 cm³/mol. The maximum absolute atomic E-state index is 13.1. The summed E-state index contributed by atoms with van der Waals surface area (Å²) in [6, 6.07) is 11.8. The van der Waals surface area contributed by atoms with E-state index < -0.39 is 0 Å². The predicted octanol–water partition coefficient (Wildman–Crippen LogP) is 7.01. The van der Waals surface area contributed by atoms with E-state index in [1.165, 1.54) is 0 Å². The van der Waals surface area contributed by atoms with Crippen molar-refractivity contribution in [2.24, 2.45) is 11.8 Å². The number of anilines is 1. The number of phenols is 1. The van der Waals surface area contributed by atoms with Crippen LogP contribution >= 0.6 is 23.2 Å². The van der Waals surface area contributed by atoms with Crippen LogP contribution in [0.4, 0.5) is 5.69 Å². The lowest BCUT2D eigenvalue weighted by Crippen LogP contribution is -2.36. The Kier molecular flexibility index (Phi) is 7.89. The van der Waals surface area contributed by atoms with Crippen LogP contribution in [0.25, 0.3) is 10.9 Å². The molecule has 1 aliphatic rings. The number of hydrogen-bond acceptors (Lipinski definition) is 5. The molecule has 0 unspecified atom stereocenters. The Morgan fingerprint density at radius 3 is 2.51 bits per heavy atom. The molecule has 7 heteroatoms. The number of benzene rings is 2. The summed E-state index contributed by atoms with van der Waals surface area (Å²) in [5.74, 6) is 0.512. The summed E-state index contributed by atoms with van der Waals surface area (Å²) in [4.78, 5) is 19.8. The molecule has 2 aromatic carbocycles. The van der Waals surface area contributed by atoms with Crippen LogP contribution in [0.2, 0.25) is 10.0 Å². The molecule has 0 aliphatic heterocycles. The van der Waals surface area contributed by atoms with Gasteiger partial charge in [-0.2, -0.15) is 0 Å². The van der Waals surface area contributed by atoms with E-state index >= 15 is 0 Å². The number of para-hydroxylation sites is 1. The molecular formula is C28H33Cl2N3O2. The second kappa shape index (κ2) is 10.7. The van der Waals surface area contributed by atoms with Gasteiger partial charge in [-0.15, -0.1) is 0 Å². The average molecular weight is 514 g/mol. The van der Waals surface area contributed by atoms with Gasteiger partial charge in [0.05, 0.1) is 26.8 Å². The minimum Gasteiger partial charge on any atom is -0.505 e. The highest BCUT2D eigenvalue weighted by atomic mass is 35.5. The summed E-state index contributed by atoms with van der Waals surface area (Å²) in [6.45, 7) is 4.78. The molecule has 186 valence electrons. The molecule has 3 atom stereocenters. The van der Waals surface area contributed by atoms with Gasteiger partial charge in [0.1, 0.15) is 0 Å². The minimum absolute atomic E-state index is 0.0770. The van der Waals surface area contributed by atoms with Crippen molar-refractivity contribution >= 4 is 45.6 Å². The first-order valence-electron chi connectivity index (χ1n) is 12.2. The molecule has 35 heavy (non-hydrogen) atoms. The zero-order valence-corrected chi connectivity index (χ0v) is 22.2. The summed E-state index contributed by atoms with van der Waals surface area (Å²) in [5, 5.41) is 15.4. The van der Waals surface area contributed by atoms with E-state index in [1.54, 1.807) is 6.20 Å². The van der Waals surface area contributed by atoms with Crippen LogP contribution < -0.4 is 5.32 Å². The number of ketones is 1. The quantitative estimate of drug-likeness (QED) is 0.332. The first-order valence-corrected chi connectivity index (χ1v) is 12.9. The molecule has 0 saturated heterocycles. The van der Waals surface area contributed by atoms with E-state index in [4.69, 9.17) is 23.2 Å². The number of hydrogen-bond donors (Lipinski definition) is 2. The number of phenolic OH excluding ortho intramolecular Hbond substituents is 1. The highest BCUT2D eigenvalue weighted by Crippen LogP contribution is 2.44. The van der Waals surface area contributed by atoms with Gasteiger partial charge in [0, 0.05) is 30.1 Å². The fourth-order valence-electron chi connectivity index (χ4n) is 5.26. The van der Waals surface area contributed by atoms with Gasteiger partial charge in [0.15, 0.2) is 11.5 Å². The second-order valence-electron chi connectivity index (χ2n) is 10.2. The second-order valence-corrected chi connectivity index (χ2v) is 11.0. The number of aromatic nitrogens is 1. The summed E-state index contributed by atoms with van der Waals surface area (Å²) >= 11 is 12.6. The van der Waals surface area contributed by atoms with Crippen molar-refractivity contribution in [3.8, 4) is 5.75 Å². The summed E-state index contributed by atoms with van der Waals surface area (Å²) in [6.07, 6.45) is 4.58. The lowest BCUT2D eigenvalue weighted by atomic mass is 9.73. The highest BCUT2D eigenvalue weighted by Gasteiger charge is 2.33. The molecule has 5 nitrogen and oxygen atoms in total. The van der Waals surface area contributed by atoms with Crippen LogP contribution in [0.5, 0.6) is 5.75 Å². The number of carbonyl (C=O) groups excluding carboxylic acids is 1. The zero-order chi connectivity index (χ0) is 25.3. The maximum atomic E-state index is 13.1. The molecule has 1 saturated carbocycles. The summed E-state index contributed by atoms with van der Waals surface area (Å²) in [5.41, 5.74) is 3.41. The van der Waals surface area contributed by atoms with E-state index in [0.717, 1.165) is 48.0 Å². The van der Waals surface area contributed by atoms with Gasteiger partial charge < -0.3 is 15.3 Å². The topological polar surface area (TPSA) is 65.5 Å². The largest absolute Gasteiger partial charge is 0.505 e. The first-order chi connectivity index (χ1) is 16.7. The number of halogens is 2. The Labute approximate surface area is 217 Å². The lowest BCUT2D eigenvalue weighted by molar-refractivity contribution is 0.0940. The third-order valence-corrected chi connectivity index (χ3v) is 7.55. The Morgan fingerprint density at radius 2 is 1.86 bits per heavy atom. The fourth-order valence-corrected chi connectivity index (χ4v) is 5.76. The maximum Gasteiger partial charge on any atom is 0.169 e. The Morgan fingerprint density at radius 1 is 1.17 bits per heavy atom. The van der Waals surface area contributed by atoms with Crippen molar-refractivity contribution in [1.29, 1.82) is 0 Å². The molecule has 1 heterocycles. The highest BCUT2D eigenvalue weighted by molar-refractivity contribution is 6.37. The van der Waals surface area contributed by atoms with Crippen molar-refractivity contribution in [1.82, 2.24) is 9.88 Å². The molecular weight excluding hydrogens is 481 g/mol. The van der Waals surface area contributed by atoms with Crippen LogP contribution in [0.1, 0.15) is 54.9 Å². The van der Waals surface area contributed by atoms with Crippen molar-refractivity contribution in [2.75, 3.05) is 26.0 Å². The van der Waals surface area contributed by atoms with Crippen LogP contribution in [0.3, 0.4) is 0 Å². The SMILES string of the molecule is CC(C)C(=O)c1cnc2ccccc2c1N[C@@H]1CC[C@@H](CN(C)C)[C@H](c2cc(Cl)c(O)c(Cl)c2)C1. The van der Waals surface area contributed by atoms with Gasteiger partial charge in [-0.3, -0.25) is 9.78 Å². The normalized spacial score (nSPS) is 20.5. The number of nitrogens with one attached hydrogen (secondary N) is 1. The number of nitrogens with zero attached hydrogens (tertiary/aromatic N) is 2. The lowest BCUT2D eigenvalue weighted by Gasteiger charge is -2.39. The molecule has 1 aromatic heterocycles. The fraction of sp³-hybridized carbons (Fsp3) is 0.429. The molecule has 0 amide bonds. The van der Waals surface area contributed by atoms with Crippen LogP contribution in [-0.4, -0.2) is 47.5 Å². The van der Waals surface area contributed by atoms with E-state index in [-0.39, 0.29) is 39.5 Å². The van der Waals surface area contributed by atoms with E-state index in [0.29, 0.717) is 11.5 Å². The molecule has 0 bridgehead atoms. The van der Waals surface area contributed by atoms with E-state index in [2.05, 4.69) is 29.3 Å². The Bertz CT molecular complexity index is 1210. The van der Waals surface area contributed by atoms with Crippen LogP contribution in [0, 0.1) is 11.8 Å². The minimum atomic E-state index is -0.122. The third-order valence-electron chi connectivity index (χ3n) is 6.97. The average Bonchev–Trinajstić information content (AvgIpc) is 2.82. The zero-order valence-electron chi connectivity index (χ0n) is 20.7. The molecule has 1 aliphatic carbocycles. The first kappa shape index (κ1) is 25.7. The van der Waals surface area contributed by atoms with Crippen LogP contribution in [0.15, 0.2) is 42.6 Å². The molecule has 2 N–H and O–H groups in total. The molecule has 4 rings (SSSR count). The van der Waals surface area contributed by atoms with E-state index in [9.17, 15) is 9.90 Å². The van der Waals surface area contributed by atoms with Gasteiger partial charge in [-0.05, 0) is 69.0 Å². The number of pyridine rings is 1. The van der Waals surface area contributed by atoms with E-state index in [1.807, 2.05) is 50.2 Å². The number of fused-ring (bicyclic) bond motifs is 1. The molecule has 1 fully saturated rings. The number of carbonyl (C=O) groups is 1. The van der Waals surface area contributed by atoms with Crippen molar-refractivity contribution < 1.29 is 9.90 Å². The van der Waals surface area contributed by atoms with Crippen LogP contribution in [-0.2, 0) is 0 Å². The number of aromatic hydroxyl groups is 1. The van der Waals surface area contributed by atoms with Gasteiger partial charge in [0.25, 0.3) is 0 Å². The molecule has 3 aromatic rings. The van der Waals surface area contributed by atoms with Gasteiger partial charge in [-0.25, -0.2) is 0 Å². The van der Waals surface area contributed by atoms with Crippen molar-refractivity contribution in [3.63, 3.8) is 0 Å². The Hall–Kier alpha value is -2.34. The smallest absolute Gasteiger partial charge is 0.169 e. The molecule has 0 radical (unpaired) electrons. The van der Waals surface area contributed by atoms with Crippen molar-refractivity contribution in [2.45, 2.75) is 45.1 Å². The third kappa shape index (κ3) is 5.58. The van der Waals surface area contributed by atoms with Gasteiger partial charge in [-0.1, -0.05) is 55.2 Å². The Balaban J connectivity index is 1.70. The number of Topliss-reactive ketones (excluding diaryl/α,β-unsaturated/α-hetero) is 1.